The lowest BCUT2D eigenvalue weighted by atomic mass is 10.1. The van der Waals surface area contributed by atoms with E-state index in [2.05, 4.69) is 11.1 Å². The number of hydrogen-bond donors (Lipinski definition) is 2. The van der Waals surface area contributed by atoms with Crippen LogP contribution in [0.5, 0.6) is 0 Å². The molecule has 21 heavy (non-hydrogen) atoms. The van der Waals surface area contributed by atoms with Gasteiger partial charge in [0.25, 0.3) is 0 Å². The largest absolute Gasteiger partial charge is 0.396 e. The summed E-state index contributed by atoms with van der Waals surface area (Å²) in [6.45, 7) is 1.07. The highest BCUT2D eigenvalue weighted by Crippen LogP contribution is 2.24. The second-order valence-electron chi connectivity index (χ2n) is 5.79. The Morgan fingerprint density at radius 3 is 3.10 bits per heavy atom. The zero-order valence-electron chi connectivity index (χ0n) is 12.2. The van der Waals surface area contributed by atoms with Gasteiger partial charge in [-0.3, -0.25) is 4.79 Å². The SMILES string of the molecule is O=C(Cc1c[nH]c2ccccc12)N1CCCC1CCCO. The van der Waals surface area contributed by atoms with Crippen LogP contribution in [0.3, 0.4) is 0 Å². The average Bonchev–Trinajstić information content (AvgIpc) is 3.12. The van der Waals surface area contributed by atoms with Gasteiger partial charge >= 0.3 is 0 Å². The molecule has 1 aromatic carbocycles. The van der Waals surface area contributed by atoms with Gasteiger partial charge in [0.15, 0.2) is 0 Å². The number of carbonyl (C=O) groups excluding carboxylic acids is 1. The van der Waals surface area contributed by atoms with Crippen molar-refractivity contribution in [1.29, 1.82) is 0 Å². The molecule has 2 N–H and O–H groups in total. The number of aromatic amines is 1. The van der Waals surface area contributed by atoms with E-state index in [0.29, 0.717) is 12.5 Å². The van der Waals surface area contributed by atoms with Crippen LogP contribution in [0.2, 0.25) is 0 Å². The summed E-state index contributed by atoms with van der Waals surface area (Å²) in [6, 6.07) is 8.40. The highest BCUT2D eigenvalue weighted by Gasteiger charge is 2.28. The molecule has 112 valence electrons. The number of amides is 1. The van der Waals surface area contributed by atoms with Crippen LogP contribution in [0, 0.1) is 0 Å². The first-order chi connectivity index (χ1) is 10.3. The fraction of sp³-hybridized carbons (Fsp3) is 0.471. The molecule has 2 aromatic rings. The molecule has 1 aliphatic rings. The molecule has 1 unspecified atom stereocenters. The molecule has 1 aliphatic heterocycles. The summed E-state index contributed by atoms with van der Waals surface area (Å²) in [5.74, 6) is 0.209. The summed E-state index contributed by atoms with van der Waals surface area (Å²) in [7, 11) is 0. The number of fused-ring (bicyclic) bond motifs is 1. The lowest BCUT2D eigenvalue weighted by Gasteiger charge is -2.24. The van der Waals surface area contributed by atoms with Gasteiger partial charge in [-0.15, -0.1) is 0 Å². The molecule has 0 aliphatic carbocycles. The van der Waals surface area contributed by atoms with Crippen molar-refractivity contribution < 1.29 is 9.90 Å². The molecule has 1 saturated heterocycles. The average molecular weight is 286 g/mol. The number of rotatable bonds is 5. The maximum atomic E-state index is 12.6. The van der Waals surface area contributed by atoms with Crippen LogP contribution in [0.4, 0.5) is 0 Å². The quantitative estimate of drug-likeness (QED) is 0.887. The Morgan fingerprint density at radius 1 is 1.38 bits per heavy atom. The van der Waals surface area contributed by atoms with Gasteiger partial charge in [0, 0.05) is 36.3 Å². The molecule has 0 spiro atoms. The van der Waals surface area contributed by atoms with Crippen LogP contribution in [0.1, 0.15) is 31.2 Å². The van der Waals surface area contributed by atoms with E-state index in [9.17, 15) is 4.79 Å². The number of nitrogens with zero attached hydrogens (tertiary/aromatic N) is 1. The van der Waals surface area contributed by atoms with Crippen molar-refractivity contribution in [3.8, 4) is 0 Å². The van der Waals surface area contributed by atoms with Crippen LogP contribution in [-0.4, -0.2) is 40.1 Å². The number of aliphatic hydroxyl groups is 1. The third-order valence-corrected chi connectivity index (χ3v) is 4.41. The second-order valence-corrected chi connectivity index (χ2v) is 5.79. The Hall–Kier alpha value is -1.81. The zero-order valence-corrected chi connectivity index (χ0v) is 12.2. The number of aliphatic hydroxyl groups excluding tert-OH is 1. The Labute approximate surface area is 124 Å². The zero-order chi connectivity index (χ0) is 14.7. The van der Waals surface area contributed by atoms with Gasteiger partial charge in [-0.2, -0.15) is 0 Å². The fourth-order valence-electron chi connectivity index (χ4n) is 3.33. The molecule has 1 aromatic heterocycles. The Kier molecular flexibility index (Phi) is 4.25. The van der Waals surface area contributed by atoms with Crippen LogP contribution in [0.15, 0.2) is 30.5 Å². The number of aromatic nitrogens is 1. The van der Waals surface area contributed by atoms with E-state index < -0.39 is 0 Å². The standard InChI is InChI=1S/C17H22N2O2/c20-10-4-6-14-5-3-9-19(14)17(21)11-13-12-18-16-8-2-1-7-15(13)16/h1-2,7-8,12,14,18,20H,3-6,9-11H2. The van der Waals surface area contributed by atoms with Crippen molar-refractivity contribution in [3.63, 3.8) is 0 Å². The lowest BCUT2D eigenvalue weighted by molar-refractivity contribution is -0.131. The van der Waals surface area contributed by atoms with Crippen LogP contribution < -0.4 is 0 Å². The third kappa shape index (κ3) is 2.95. The number of H-pyrrole nitrogens is 1. The van der Waals surface area contributed by atoms with E-state index in [0.717, 1.165) is 48.7 Å². The summed E-state index contributed by atoms with van der Waals surface area (Å²) in [5, 5.41) is 10.1. The first-order valence-electron chi connectivity index (χ1n) is 7.75. The Morgan fingerprint density at radius 2 is 2.24 bits per heavy atom. The number of carbonyl (C=O) groups is 1. The second kappa shape index (κ2) is 6.31. The number of likely N-dealkylation sites (tertiary alicyclic amines) is 1. The minimum absolute atomic E-state index is 0.209. The molecule has 4 heteroatoms. The molecule has 0 bridgehead atoms. The predicted molar refractivity (Wildman–Crippen MR) is 83.1 cm³/mol. The first-order valence-corrected chi connectivity index (χ1v) is 7.75. The van der Waals surface area contributed by atoms with E-state index in [1.165, 1.54) is 0 Å². The van der Waals surface area contributed by atoms with Crippen molar-refractivity contribution in [2.24, 2.45) is 0 Å². The van der Waals surface area contributed by atoms with Crippen molar-refractivity contribution in [2.75, 3.05) is 13.2 Å². The summed E-state index contributed by atoms with van der Waals surface area (Å²) < 4.78 is 0. The summed E-state index contributed by atoms with van der Waals surface area (Å²) in [6.07, 6.45) is 6.24. The molecule has 2 heterocycles. The summed E-state index contributed by atoms with van der Waals surface area (Å²) >= 11 is 0. The van der Waals surface area contributed by atoms with Crippen molar-refractivity contribution >= 4 is 16.8 Å². The van der Waals surface area contributed by atoms with E-state index in [-0.39, 0.29) is 12.5 Å². The highest BCUT2D eigenvalue weighted by atomic mass is 16.3. The van der Waals surface area contributed by atoms with Gasteiger partial charge in [-0.05, 0) is 37.3 Å². The lowest BCUT2D eigenvalue weighted by Crippen LogP contribution is -2.36. The number of benzene rings is 1. The van der Waals surface area contributed by atoms with Crippen molar-refractivity contribution in [3.05, 3.63) is 36.0 Å². The molecule has 4 nitrogen and oxygen atoms in total. The van der Waals surface area contributed by atoms with Gasteiger partial charge in [0.1, 0.15) is 0 Å². The Bertz CT molecular complexity index is 620. The predicted octanol–water partition coefficient (Wildman–Crippen LogP) is 2.47. The van der Waals surface area contributed by atoms with Gasteiger partial charge < -0.3 is 15.0 Å². The van der Waals surface area contributed by atoms with Crippen molar-refractivity contribution in [1.82, 2.24) is 9.88 Å². The topological polar surface area (TPSA) is 56.3 Å². The summed E-state index contributed by atoms with van der Waals surface area (Å²) in [4.78, 5) is 17.8. The van der Waals surface area contributed by atoms with Crippen LogP contribution in [-0.2, 0) is 11.2 Å². The number of nitrogens with one attached hydrogen (secondary N) is 1. The Balaban J connectivity index is 1.71. The van der Waals surface area contributed by atoms with Gasteiger partial charge in [0.2, 0.25) is 5.91 Å². The van der Waals surface area contributed by atoms with E-state index in [1.807, 2.05) is 29.3 Å². The van der Waals surface area contributed by atoms with Gasteiger partial charge in [-0.25, -0.2) is 0 Å². The molecule has 3 rings (SSSR count). The van der Waals surface area contributed by atoms with Crippen LogP contribution >= 0.6 is 0 Å². The smallest absolute Gasteiger partial charge is 0.227 e. The molecule has 0 radical (unpaired) electrons. The van der Waals surface area contributed by atoms with Gasteiger partial charge in [0.05, 0.1) is 6.42 Å². The molecule has 0 saturated carbocycles. The van der Waals surface area contributed by atoms with Gasteiger partial charge in [-0.1, -0.05) is 18.2 Å². The molecular formula is C17H22N2O2. The van der Waals surface area contributed by atoms with E-state index in [4.69, 9.17) is 5.11 Å². The third-order valence-electron chi connectivity index (χ3n) is 4.41. The number of hydrogen-bond acceptors (Lipinski definition) is 2. The van der Waals surface area contributed by atoms with E-state index >= 15 is 0 Å². The number of para-hydroxylation sites is 1. The maximum absolute atomic E-state index is 12.6. The fourth-order valence-corrected chi connectivity index (χ4v) is 3.33. The van der Waals surface area contributed by atoms with E-state index in [1.54, 1.807) is 0 Å². The first kappa shape index (κ1) is 14.1. The minimum Gasteiger partial charge on any atom is -0.396 e. The molecular weight excluding hydrogens is 264 g/mol. The highest BCUT2D eigenvalue weighted by molar-refractivity contribution is 5.89. The molecule has 1 fully saturated rings. The van der Waals surface area contributed by atoms with Crippen LogP contribution in [0.25, 0.3) is 10.9 Å². The minimum atomic E-state index is 0.209. The monoisotopic (exact) mass is 286 g/mol. The van der Waals surface area contributed by atoms with Crippen molar-refractivity contribution in [2.45, 2.75) is 38.1 Å². The molecule has 1 amide bonds. The molecule has 1 atom stereocenters. The maximum Gasteiger partial charge on any atom is 0.227 e. The summed E-state index contributed by atoms with van der Waals surface area (Å²) in [5.41, 5.74) is 2.15. The normalized spacial score (nSPS) is 18.5.